The molecule has 1 aliphatic rings. The molecule has 260 valence electrons. The highest BCUT2D eigenvalue weighted by atomic mass is 35.5. The fourth-order valence-corrected chi connectivity index (χ4v) is 8.19. The first-order valence-electron chi connectivity index (χ1n) is 16.4. The van der Waals surface area contributed by atoms with Crippen molar-refractivity contribution in [2.45, 2.75) is 62.5 Å². The molecule has 4 aromatic rings. The summed E-state index contributed by atoms with van der Waals surface area (Å²) < 4.78 is 5.39. The number of thioether (sulfide) groups is 1. The van der Waals surface area contributed by atoms with E-state index in [0.29, 0.717) is 37.4 Å². The first-order valence-corrected chi connectivity index (χ1v) is 18.8. The van der Waals surface area contributed by atoms with E-state index >= 15 is 0 Å². The van der Waals surface area contributed by atoms with Gasteiger partial charge < -0.3 is 20.7 Å². The molecule has 3 N–H and O–H groups in total. The first kappa shape index (κ1) is 37.2. The minimum absolute atomic E-state index is 0.0675. The van der Waals surface area contributed by atoms with Crippen LogP contribution in [0.4, 0.5) is 10.7 Å². The van der Waals surface area contributed by atoms with Crippen molar-refractivity contribution in [3.8, 4) is 0 Å². The van der Waals surface area contributed by atoms with E-state index in [2.05, 4.69) is 16.0 Å². The van der Waals surface area contributed by atoms with Gasteiger partial charge in [-0.3, -0.25) is 14.4 Å². The Morgan fingerprint density at radius 3 is 2.32 bits per heavy atom. The Balaban J connectivity index is 1.32. The van der Waals surface area contributed by atoms with E-state index in [4.69, 9.17) is 27.9 Å². The Morgan fingerprint density at radius 2 is 1.60 bits per heavy atom. The topological polar surface area (TPSA) is 114 Å². The SMILES string of the molecule is CCOC(=O)c1c(NC(=O)C(C)Sc2cccc(NC(=O)/C(=C\c3c(Cl)cccc3Cl)NC(=O)c3ccccc3)c2)sc2c1CCCCCC2. The van der Waals surface area contributed by atoms with Crippen LogP contribution in [0.2, 0.25) is 10.0 Å². The van der Waals surface area contributed by atoms with Crippen LogP contribution in [0.1, 0.15) is 76.3 Å². The lowest BCUT2D eigenvalue weighted by Gasteiger charge is -2.15. The Labute approximate surface area is 310 Å². The van der Waals surface area contributed by atoms with Crippen molar-refractivity contribution < 1.29 is 23.9 Å². The number of carbonyl (C=O) groups excluding carboxylic acids is 4. The number of ether oxygens (including phenoxy) is 1. The van der Waals surface area contributed by atoms with Gasteiger partial charge in [-0.25, -0.2) is 4.79 Å². The van der Waals surface area contributed by atoms with Crippen molar-refractivity contribution in [1.82, 2.24) is 5.32 Å². The van der Waals surface area contributed by atoms with Crippen LogP contribution in [0.25, 0.3) is 6.08 Å². The van der Waals surface area contributed by atoms with Gasteiger partial charge in [0.25, 0.3) is 11.8 Å². The highest BCUT2D eigenvalue weighted by molar-refractivity contribution is 8.00. The summed E-state index contributed by atoms with van der Waals surface area (Å²) in [5.74, 6) is -1.74. The highest BCUT2D eigenvalue weighted by Crippen LogP contribution is 2.38. The zero-order valence-corrected chi connectivity index (χ0v) is 30.8. The summed E-state index contributed by atoms with van der Waals surface area (Å²) in [6.07, 6.45) is 7.40. The lowest BCUT2D eigenvalue weighted by molar-refractivity contribution is -0.115. The highest BCUT2D eigenvalue weighted by Gasteiger charge is 2.27. The number of rotatable bonds is 11. The van der Waals surface area contributed by atoms with Crippen LogP contribution in [-0.4, -0.2) is 35.5 Å². The number of benzene rings is 3. The number of hydrogen-bond donors (Lipinski definition) is 3. The van der Waals surface area contributed by atoms with Gasteiger partial charge in [-0.1, -0.05) is 66.4 Å². The number of carbonyl (C=O) groups is 4. The third kappa shape index (κ3) is 9.57. The monoisotopic (exact) mass is 749 g/mol. The molecule has 0 spiro atoms. The number of thiophene rings is 1. The zero-order chi connectivity index (χ0) is 35.6. The van der Waals surface area contributed by atoms with Gasteiger partial charge in [0.2, 0.25) is 5.91 Å². The maximum atomic E-state index is 13.6. The van der Waals surface area contributed by atoms with Crippen LogP contribution in [-0.2, 0) is 27.2 Å². The average Bonchev–Trinajstić information content (AvgIpc) is 3.41. The van der Waals surface area contributed by atoms with Crippen LogP contribution < -0.4 is 16.0 Å². The van der Waals surface area contributed by atoms with Crippen LogP contribution in [0.3, 0.4) is 0 Å². The summed E-state index contributed by atoms with van der Waals surface area (Å²) in [5.41, 5.74) is 2.60. The quantitative estimate of drug-likeness (QED) is 0.0800. The lowest BCUT2D eigenvalue weighted by Crippen LogP contribution is -2.30. The van der Waals surface area contributed by atoms with Crippen molar-refractivity contribution in [3.05, 3.63) is 116 Å². The third-order valence-electron chi connectivity index (χ3n) is 7.98. The van der Waals surface area contributed by atoms with Gasteiger partial charge >= 0.3 is 5.97 Å². The number of nitrogens with one attached hydrogen (secondary N) is 3. The van der Waals surface area contributed by atoms with E-state index in [0.717, 1.165) is 53.9 Å². The van der Waals surface area contributed by atoms with Gasteiger partial charge in [0.15, 0.2) is 0 Å². The summed E-state index contributed by atoms with van der Waals surface area (Å²) in [7, 11) is 0. The largest absolute Gasteiger partial charge is 0.462 e. The molecule has 12 heteroatoms. The summed E-state index contributed by atoms with van der Waals surface area (Å²) >= 11 is 15.5. The Hall–Kier alpha value is -4.09. The molecule has 0 saturated heterocycles. The molecule has 1 aliphatic carbocycles. The summed E-state index contributed by atoms with van der Waals surface area (Å²) in [6.45, 7) is 3.81. The van der Waals surface area contributed by atoms with E-state index in [1.807, 2.05) is 6.07 Å². The molecule has 3 amide bonds. The lowest BCUT2D eigenvalue weighted by atomic mass is 9.96. The number of esters is 1. The molecule has 0 saturated carbocycles. The molecule has 50 heavy (non-hydrogen) atoms. The maximum Gasteiger partial charge on any atom is 0.341 e. The minimum Gasteiger partial charge on any atom is -0.462 e. The molecule has 8 nitrogen and oxygen atoms in total. The number of amides is 3. The van der Waals surface area contributed by atoms with Crippen LogP contribution in [0, 0.1) is 0 Å². The van der Waals surface area contributed by atoms with Gasteiger partial charge in [-0.15, -0.1) is 23.1 Å². The van der Waals surface area contributed by atoms with Gasteiger partial charge in [0.05, 0.1) is 17.4 Å². The summed E-state index contributed by atoms with van der Waals surface area (Å²) in [6, 6.07) is 20.5. The fourth-order valence-electron chi connectivity index (χ4n) is 5.48. The molecule has 0 bridgehead atoms. The Bertz CT molecular complexity index is 1890. The van der Waals surface area contributed by atoms with E-state index in [1.165, 1.54) is 29.2 Å². The number of fused-ring (bicyclic) bond motifs is 1. The second-order valence-corrected chi connectivity index (χ2v) is 14.9. The van der Waals surface area contributed by atoms with Gasteiger partial charge in [-0.2, -0.15) is 0 Å². The second-order valence-electron chi connectivity index (χ2n) is 11.6. The number of halogens is 2. The zero-order valence-electron chi connectivity index (χ0n) is 27.6. The molecule has 1 unspecified atom stereocenters. The van der Waals surface area contributed by atoms with E-state index in [-0.39, 0.29) is 18.2 Å². The summed E-state index contributed by atoms with van der Waals surface area (Å²) in [4.78, 5) is 55.1. The summed E-state index contributed by atoms with van der Waals surface area (Å²) in [5, 5.41) is 9.16. The minimum atomic E-state index is -0.599. The maximum absolute atomic E-state index is 13.6. The molecule has 0 aliphatic heterocycles. The molecular weight excluding hydrogens is 713 g/mol. The standard InChI is InChI=1S/C38H37Cl2N3O5S2/c1-3-48-38(47)33-27-17-9-4-5-10-20-32(27)50-37(33)43-34(44)23(2)49-26-16-11-15-25(21-26)41-36(46)31(22-28-29(39)18-12-19-30(28)40)42-35(45)24-13-7-6-8-14-24/h6-8,11-16,18-19,21-23H,3-5,9-10,17,20H2,1-2H3,(H,41,46)(H,42,45)(H,43,44)/b31-22+. The molecule has 5 rings (SSSR count). The second kappa shape index (κ2) is 17.7. The predicted molar refractivity (Wildman–Crippen MR) is 204 cm³/mol. The fraction of sp³-hybridized carbons (Fsp3) is 0.263. The van der Waals surface area contributed by atoms with Crippen molar-refractivity contribution in [2.24, 2.45) is 0 Å². The molecule has 1 aromatic heterocycles. The van der Waals surface area contributed by atoms with Crippen molar-refractivity contribution in [1.29, 1.82) is 0 Å². The molecule has 1 atom stereocenters. The Kier molecular flexibility index (Phi) is 13.2. The van der Waals surface area contributed by atoms with Crippen LogP contribution in [0.5, 0.6) is 0 Å². The van der Waals surface area contributed by atoms with Crippen molar-refractivity contribution in [2.75, 3.05) is 17.2 Å². The van der Waals surface area contributed by atoms with Crippen LogP contribution in [0.15, 0.2) is 83.4 Å². The van der Waals surface area contributed by atoms with Gasteiger partial charge in [-0.05, 0) is 93.6 Å². The average molecular weight is 751 g/mol. The molecule has 0 fully saturated rings. The normalized spacial score (nSPS) is 13.6. The number of anilines is 2. The number of aryl methyl sites for hydroxylation is 1. The van der Waals surface area contributed by atoms with Gasteiger partial charge in [0, 0.05) is 36.6 Å². The Morgan fingerprint density at radius 1 is 0.900 bits per heavy atom. The number of hydrogen-bond acceptors (Lipinski definition) is 7. The smallest absolute Gasteiger partial charge is 0.341 e. The first-order chi connectivity index (χ1) is 24.1. The molecule has 3 aromatic carbocycles. The van der Waals surface area contributed by atoms with Crippen molar-refractivity contribution in [3.63, 3.8) is 0 Å². The third-order valence-corrected chi connectivity index (χ3v) is 10.9. The van der Waals surface area contributed by atoms with E-state index in [9.17, 15) is 19.2 Å². The molecular formula is C38H37Cl2N3O5S2. The van der Waals surface area contributed by atoms with E-state index < -0.39 is 23.0 Å². The molecule has 1 heterocycles. The van der Waals surface area contributed by atoms with Crippen molar-refractivity contribution >= 4 is 86.8 Å². The van der Waals surface area contributed by atoms with Gasteiger partial charge in [0.1, 0.15) is 10.7 Å². The molecule has 0 radical (unpaired) electrons. The van der Waals surface area contributed by atoms with Crippen LogP contribution >= 0.6 is 46.3 Å². The predicted octanol–water partition coefficient (Wildman–Crippen LogP) is 9.42. The van der Waals surface area contributed by atoms with E-state index in [1.54, 1.807) is 80.6 Å².